The molecule has 1 amide bonds. The Hall–Kier alpha value is -0.220. The highest BCUT2D eigenvalue weighted by Crippen LogP contribution is 2.19. The molecule has 0 aliphatic heterocycles. The van der Waals surface area contributed by atoms with Crippen LogP contribution in [0.3, 0.4) is 0 Å². The number of thiol groups is 1. The van der Waals surface area contributed by atoms with Crippen LogP contribution >= 0.6 is 12.6 Å². The third-order valence-electron chi connectivity index (χ3n) is 2.79. The molecule has 1 N–H and O–H groups in total. The van der Waals surface area contributed by atoms with Crippen molar-refractivity contribution in [3.63, 3.8) is 0 Å². The van der Waals surface area contributed by atoms with E-state index in [4.69, 9.17) is 0 Å². The lowest BCUT2D eigenvalue weighted by Gasteiger charge is -2.32. The van der Waals surface area contributed by atoms with Gasteiger partial charge in [0.15, 0.2) is 0 Å². The Labute approximate surface area is 99.0 Å². The summed E-state index contributed by atoms with van der Waals surface area (Å²) in [5.41, 5.74) is 0. The summed E-state index contributed by atoms with van der Waals surface area (Å²) in [6.07, 6.45) is 1.02. The largest absolute Gasteiger partial charge is 0.331 e. The molecule has 3 nitrogen and oxygen atoms in total. The molecule has 0 spiro atoms. The summed E-state index contributed by atoms with van der Waals surface area (Å²) in [7, 11) is 1.95. The summed E-state index contributed by atoms with van der Waals surface area (Å²) >= 11 is 4.53. The van der Waals surface area contributed by atoms with Crippen LogP contribution in [0.4, 0.5) is 0 Å². The molecule has 0 saturated carbocycles. The van der Waals surface area contributed by atoms with Gasteiger partial charge in [0.1, 0.15) is 0 Å². The third kappa shape index (κ3) is 4.89. The molecule has 0 rings (SSSR count). The Morgan fingerprint density at radius 2 is 2.00 bits per heavy atom. The van der Waals surface area contributed by atoms with E-state index in [0.29, 0.717) is 12.0 Å². The number of hydrogen-bond acceptors (Lipinski definition) is 3. The molecule has 0 fully saturated rings. The van der Waals surface area contributed by atoms with E-state index in [-0.39, 0.29) is 11.3 Å². The van der Waals surface area contributed by atoms with Gasteiger partial charge in [0.05, 0.1) is 5.37 Å². The first kappa shape index (κ1) is 14.8. The van der Waals surface area contributed by atoms with Crippen molar-refractivity contribution in [3.8, 4) is 0 Å². The second-order valence-corrected chi connectivity index (χ2v) is 4.65. The Kier molecular flexibility index (Phi) is 7.02. The van der Waals surface area contributed by atoms with Crippen LogP contribution in [-0.2, 0) is 4.79 Å². The number of carbonyl (C=O) groups excluding carboxylic acids is 1. The van der Waals surface area contributed by atoms with Crippen LogP contribution in [0.25, 0.3) is 0 Å². The third-order valence-corrected chi connectivity index (χ3v) is 3.58. The minimum atomic E-state index is 0.0169. The van der Waals surface area contributed by atoms with E-state index >= 15 is 0 Å². The first-order valence-electron chi connectivity index (χ1n) is 5.56. The molecule has 0 radical (unpaired) electrons. The van der Waals surface area contributed by atoms with Gasteiger partial charge in [-0.05, 0) is 33.2 Å². The van der Waals surface area contributed by atoms with E-state index in [1.807, 2.05) is 14.0 Å². The minimum absolute atomic E-state index is 0.0169. The quantitative estimate of drug-likeness (QED) is 0.540. The molecule has 3 unspecified atom stereocenters. The van der Waals surface area contributed by atoms with Crippen molar-refractivity contribution in [3.05, 3.63) is 0 Å². The summed E-state index contributed by atoms with van der Waals surface area (Å²) < 4.78 is 0. The Bertz CT molecular complexity index is 199. The van der Waals surface area contributed by atoms with Crippen LogP contribution in [0.1, 0.15) is 34.1 Å². The van der Waals surface area contributed by atoms with E-state index in [9.17, 15) is 4.79 Å². The fourth-order valence-corrected chi connectivity index (χ4v) is 2.15. The molecule has 0 aromatic rings. The normalized spacial score (nSPS) is 16.9. The Balaban J connectivity index is 4.27. The zero-order valence-electron chi connectivity index (χ0n) is 10.4. The van der Waals surface area contributed by atoms with Crippen molar-refractivity contribution < 1.29 is 4.79 Å². The number of nitrogens with one attached hydrogen (secondary N) is 1. The first-order valence-corrected chi connectivity index (χ1v) is 6.08. The second-order valence-electron chi connectivity index (χ2n) is 4.12. The van der Waals surface area contributed by atoms with Gasteiger partial charge in [0.2, 0.25) is 5.91 Å². The maximum absolute atomic E-state index is 11.3. The molecule has 0 bridgehead atoms. The molecular formula is C11H24N2OS. The molecule has 0 aliphatic carbocycles. The zero-order valence-corrected chi connectivity index (χ0v) is 11.3. The number of nitrogens with zero attached hydrogens (tertiary/aromatic N) is 1. The van der Waals surface area contributed by atoms with Crippen molar-refractivity contribution in [2.24, 2.45) is 5.92 Å². The van der Waals surface area contributed by atoms with Crippen molar-refractivity contribution in [2.75, 3.05) is 13.6 Å². The summed E-state index contributed by atoms with van der Waals surface area (Å²) in [6, 6.07) is 0.459. The Morgan fingerprint density at radius 1 is 1.47 bits per heavy atom. The molecule has 3 atom stereocenters. The molecule has 0 aromatic carbocycles. The lowest BCUT2D eigenvalue weighted by atomic mass is 10.0. The zero-order chi connectivity index (χ0) is 12.0. The average molecular weight is 232 g/mol. The SMILES string of the molecule is CCN(C(C)=O)C(S)C(C)CC(C)NC. The van der Waals surface area contributed by atoms with Crippen LogP contribution in [0, 0.1) is 5.92 Å². The number of hydrogen-bond donors (Lipinski definition) is 2. The standard InChI is InChI=1S/C11H24N2OS/c1-6-13(10(4)14)11(15)8(2)7-9(3)12-5/h8-9,11-12,15H,6-7H2,1-5H3. The molecule has 0 aliphatic rings. The second kappa shape index (κ2) is 7.12. The average Bonchev–Trinajstić information content (AvgIpc) is 2.17. The fourth-order valence-electron chi connectivity index (χ4n) is 1.70. The van der Waals surface area contributed by atoms with E-state index < -0.39 is 0 Å². The van der Waals surface area contributed by atoms with Gasteiger partial charge in [0, 0.05) is 19.5 Å². The van der Waals surface area contributed by atoms with Crippen LogP contribution < -0.4 is 5.32 Å². The molecule has 15 heavy (non-hydrogen) atoms. The van der Waals surface area contributed by atoms with Gasteiger partial charge in [0.25, 0.3) is 0 Å². The van der Waals surface area contributed by atoms with Crippen molar-refractivity contribution >= 4 is 18.5 Å². The van der Waals surface area contributed by atoms with Crippen molar-refractivity contribution in [2.45, 2.75) is 45.5 Å². The number of rotatable bonds is 6. The van der Waals surface area contributed by atoms with E-state index in [1.54, 1.807) is 11.8 Å². The maximum atomic E-state index is 11.3. The lowest BCUT2D eigenvalue weighted by molar-refractivity contribution is -0.130. The summed E-state index contributed by atoms with van der Waals surface area (Å²) in [4.78, 5) is 13.1. The summed E-state index contributed by atoms with van der Waals surface area (Å²) in [5.74, 6) is 0.487. The van der Waals surface area contributed by atoms with Gasteiger partial charge in [-0.3, -0.25) is 4.79 Å². The van der Waals surface area contributed by atoms with Gasteiger partial charge < -0.3 is 10.2 Å². The van der Waals surface area contributed by atoms with Crippen LogP contribution in [0.2, 0.25) is 0 Å². The first-order chi connectivity index (χ1) is 6.93. The highest BCUT2D eigenvalue weighted by molar-refractivity contribution is 7.80. The fraction of sp³-hybridized carbons (Fsp3) is 0.909. The summed E-state index contributed by atoms with van der Waals surface area (Å²) in [5, 5.41) is 3.22. The van der Waals surface area contributed by atoms with Crippen molar-refractivity contribution in [1.29, 1.82) is 0 Å². The topological polar surface area (TPSA) is 32.3 Å². The highest BCUT2D eigenvalue weighted by atomic mass is 32.1. The number of amides is 1. The molecular weight excluding hydrogens is 208 g/mol. The molecule has 0 aromatic heterocycles. The predicted molar refractivity (Wildman–Crippen MR) is 68.1 cm³/mol. The number of carbonyl (C=O) groups is 1. The van der Waals surface area contributed by atoms with Gasteiger partial charge >= 0.3 is 0 Å². The van der Waals surface area contributed by atoms with E-state index in [2.05, 4.69) is 31.8 Å². The van der Waals surface area contributed by atoms with E-state index in [1.165, 1.54) is 0 Å². The smallest absolute Gasteiger partial charge is 0.220 e. The molecule has 0 heterocycles. The minimum Gasteiger partial charge on any atom is -0.331 e. The molecule has 4 heteroatoms. The van der Waals surface area contributed by atoms with Gasteiger partial charge in [-0.15, -0.1) is 0 Å². The maximum Gasteiger partial charge on any atom is 0.220 e. The van der Waals surface area contributed by atoms with Gasteiger partial charge in [-0.2, -0.15) is 12.6 Å². The van der Waals surface area contributed by atoms with E-state index in [0.717, 1.165) is 13.0 Å². The van der Waals surface area contributed by atoms with Crippen LogP contribution in [0.5, 0.6) is 0 Å². The molecule has 0 saturated heterocycles. The monoisotopic (exact) mass is 232 g/mol. The predicted octanol–water partition coefficient (Wildman–Crippen LogP) is 1.74. The van der Waals surface area contributed by atoms with Gasteiger partial charge in [-0.25, -0.2) is 0 Å². The Morgan fingerprint density at radius 3 is 2.33 bits per heavy atom. The van der Waals surface area contributed by atoms with Crippen LogP contribution in [0.15, 0.2) is 0 Å². The van der Waals surface area contributed by atoms with Gasteiger partial charge in [-0.1, -0.05) is 6.92 Å². The van der Waals surface area contributed by atoms with Crippen LogP contribution in [-0.4, -0.2) is 35.8 Å². The van der Waals surface area contributed by atoms with Crippen molar-refractivity contribution in [1.82, 2.24) is 10.2 Å². The molecule has 90 valence electrons. The highest BCUT2D eigenvalue weighted by Gasteiger charge is 2.22. The summed E-state index contributed by atoms with van der Waals surface area (Å²) in [6.45, 7) is 8.58. The lowest BCUT2D eigenvalue weighted by Crippen LogP contribution is -2.40.